The van der Waals surface area contributed by atoms with E-state index in [1.54, 1.807) is 22.6 Å². The minimum atomic E-state index is -0.421. The van der Waals surface area contributed by atoms with Crippen molar-refractivity contribution in [1.82, 2.24) is 0 Å². The Labute approximate surface area is 60.5 Å². The Hall–Kier alpha value is -0.130. The summed E-state index contributed by atoms with van der Waals surface area (Å²) < 4.78 is 4.14. The van der Waals surface area contributed by atoms with E-state index in [0.29, 0.717) is 0 Å². The molecule has 0 aromatic carbocycles. The lowest BCUT2D eigenvalue weighted by Crippen LogP contribution is -2.04. The van der Waals surface area contributed by atoms with Crippen molar-refractivity contribution in [3.63, 3.8) is 0 Å². The summed E-state index contributed by atoms with van der Waals surface area (Å²) in [6.45, 7) is 1.15. The van der Waals surface area contributed by atoms with Gasteiger partial charge in [-0.25, -0.2) is 0 Å². The molecule has 0 aliphatic carbocycles. The SMILES string of the molecule is CC(=O)OCC(=O)I. The summed E-state index contributed by atoms with van der Waals surface area (Å²) in [5.41, 5.74) is 0. The molecule has 0 spiro atoms. The monoisotopic (exact) mass is 228 g/mol. The Morgan fingerprint density at radius 1 is 1.62 bits per heavy atom. The third-order valence-corrected chi connectivity index (χ3v) is 0.700. The minimum Gasteiger partial charge on any atom is -0.457 e. The van der Waals surface area contributed by atoms with Crippen molar-refractivity contribution < 1.29 is 14.3 Å². The second-order valence-electron chi connectivity index (χ2n) is 1.14. The first-order valence-corrected chi connectivity index (χ1v) is 3.02. The maximum atomic E-state index is 10.1. The van der Waals surface area contributed by atoms with Crippen LogP contribution in [0.3, 0.4) is 0 Å². The van der Waals surface area contributed by atoms with Gasteiger partial charge in [0.2, 0.25) is 3.79 Å². The van der Waals surface area contributed by atoms with Crippen molar-refractivity contribution in [1.29, 1.82) is 0 Å². The summed E-state index contributed by atoms with van der Waals surface area (Å²) in [4.78, 5) is 20.0. The third-order valence-electron chi connectivity index (χ3n) is 0.389. The van der Waals surface area contributed by atoms with Crippen LogP contribution in [0.1, 0.15) is 6.92 Å². The summed E-state index contributed by atoms with van der Waals surface area (Å²) in [6.07, 6.45) is 0. The number of ether oxygens (including phenoxy) is 1. The van der Waals surface area contributed by atoms with Crippen LogP contribution in [-0.2, 0) is 14.3 Å². The zero-order chi connectivity index (χ0) is 6.57. The fourth-order valence-electron chi connectivity index (χ4n) is 0.158. The normalized spacial score (nSPS) is 8.25. The average Bonchev–Trinajstić information content (AvgIpc) is 1.61. The van der Waals surface area contributed by atoms with Crippen LogP contribution in [0, 0.1) is 0 Å². The molecule has 0 saturated carbocycles. The van der Waals surface area contributed by atoms with Crippen LogP contribution in [0.4, 0.5) is 0 Å². The largest absolute Gasteiger partial charge is 0.457 e. The molecule has 0 unspecified atom stereocenters. The van der Waals surface area contributed by atoms with E-state index >= 15 is 0 Å². The molecule has 3 nitrogen and oxygen atoms in total. The Kier molecular flexibility index (Phi) is 3.76. The molecule has 0 rings (SSSR count). The van der Waals surface area contributed by atoms with Crippen LogP contribution in [0.25, 0.3) is 0 Å². The van der Waals surface area contributed by atoms with Gasteiger partial charge in [0, 0.05) is 29.5 Å². The van der Waals surface area contributed by atoms with Crippen LogP contribution in [0.5, 0.6) is 0 Å². The van der Waals surface area contributed by atoms with E-state index in [1.807, 2.05) is 0 Å². The number of carbonyl (C=O) groups excluding carboxylic acids is 2. The van der Waals surface area contributed by atoms with Crippen molar-refractivity contribution in [2.24, 2.45) is 0 Å². The van der Waals surface area contributed by atoms with Gasteiger partial charge in [0.15, 0.2) is 6.61 Å². The van der Waals surface area contributed by atoms with Crippen molar-refractivity contribution in [3.05, 3.63) is 0 Å². The number of rotatable bonds is 2. The number of hydrogen-bond acceptors (Lipinski definition) is 3. The maximum absolute atomic E-state index is 10.1. The van der Waals surface area contributed by atoms with Gasteiger partial charge in [-0.1, -0.05) is 0 Å². The molecule has 0 aromatic heterocycles. The number of halogens is 1. The Morgan fingerprint density at radius 3 is 2.25 bits per heavy atom. The first-order valence-electron chi connectivity index (χ1n) is 1.94. The van der Waals surface area contributed by atoms with E-state index in [9.17, 15) is 9.59 Å². The highest BCUT2D eigenvalue weighted by Crippen LogP contribution is 1.86. The highest BCUT2D eigenvalue weighted by molar-refractivity contribution is 14.1. The molecular weight excluding hydrogens is 223 g/mol. The summed E-state index contributed by atoms with van der Waals surface area (Å²) in [6, 6.07) is 0. The van der Waals surface area contributed by atoms with Crippen molar-refractivity contribution in [2.75, 3.05) is 6.61 Å². The summed E-state index contributed by atoms with van der Waals surface area (Å²) in [7, 11) is 0. The predicted molar refractivity (Wildman–Crippen MR) is 35.7 cm³/mol. The van der Waals surface area contributed by atoms with Crippen LogP contribution in [0.15, 0.2) is 0 Å². The molecule has 0 amide bonds. The van der Waals surface area contributed by atoms with E-state index in [1.165, 1.54) is 6.92 Å². The van der Waals surface area contributed by atoms with Gasteiger partial charge < -0.3 is 4.74 Å². The van der Waals surface area contributed by atoms with E-state index in [0.717, 1.165) is 0 Å². The zero-order valence-corrected chi connectivity index (χ0v) is 6.47. The van der Waals surface area contributed by atoms with Gasteiger partial charge in [-0.15, -0.1) is 0 Å². The molecule has 0 saturated heterocycles. The summed E-state index contributed by atoms with van der Waals surface area (Å²) >= 11 is 1.56. The van der Waals surface area contributed by atoms with Crippen LogP contribution >= 0.6 is 22.6 Å². The van der Waals surface area contributed by atoms with Gasteiger partial charge in [0.25, 0.3) is 0 Å². The van der Waals surface area contributed by atoms with Gasteiger partial charge in [-0.05, 0) is 0 Å². The predicted octanol–water partition coefficient (Wildman–Crippen LogP) is 0.511. The van der Waals surface area contributed by atoms with Crippen molar-refractivity contribution in [3.8, 4) is 0 Å². The molecule has 0 N–H and O–H groups in total. The molecular formula is C4H5IO3. The molecule has 0 bridgehead atoms. The molecule has 0 aliphatic heterocycles. The van der Waals surface area contributed by atoms with Gasteiger partial charge in [0.05, 0.1) is 0 Å². The molecule has 0 aliphatic rings. The molecule has 0 heterocycles. The van der Waals surface area contributed by atoms with Crippen LogP contribution < -0.4 is 0 Å². The van der Waals surface area contributed by atoms with Gasteiger partial charge in [0.1, 0.15) is 0 Å². The summed E-state index contributed by atoms with van der Waals surface area (Å²) in [5.74, 6) is -0.421. The van der Waals surface area contributed by atoms with Crippen molar-refractivity contribution >= 4 is 32.4 Å². The molecule has 0 radical (unpaired) electrons. The standard InChI is InChI=1S/C4H5IO3/c1-3(6)8-2-4(5)7/h2H2,1H3. The van der Waals surface area contributed by atoms with Crippen LogP contribution in [-0.4, -0.2) is 16.4 Å². The quantitative estimate of drug-likeness (QED) is 0.393. The fraction of sp³-hybridized carbons (Fsp3) is 0.500. The van der Waals surface area contributed by atoms with Gasteiger partial charge >= 0.3 is 5.97 Å². The summed E-state index contributed by atoms with van der Waals surface area (Å²) in [5, 5.41) is 0. The molecule has 0 aromatic rings. The number of hydrogen-bond donors (Lipinski definition) is 0. The maximum Gasteiger partial charge on any atom is 0.303 e. The third kappa shape index (κ3) is 5.87. The van der Waals surface area contributed by atoms with Gasteiger partial charge in [-0.3, -0.25) is 9.59 Å². The Balaban J connectivity index is 3.18. The van der Waals surface area contributed by atoms with E-state index in [-0.39, 0.29) is 10.4 Å². The number of esters is 1. The van der Waals surface area contributed by atoms with Gasteiger partial charge in [-0.2, -0.15) is 0 Å². The Bertz CT molecular complexity index is 95.9. The lowest BCUT2D eigenvalue weighted by Gasteiger charge is -1.92. The molecule has 0 fully saturated rings. The van der Waals surface area contributed by atoms with E-state index in [2.05, 4.69) is 4.74 Å². The minimum absolute atomic E-state index is 0.115. The highest BCUT2D eigenvalue weighted by Gasteiger charge is 1.95. The topological polar surface area (TPSA) is 43.4 Å². The first kappa shape index (κ1) is 7.87. The lowest BCUT2D eigenvalue weighted by molar-refractivity contribution is -0.143. The average molecular weight is 228 g/mol. The number of carbonyl (C=O) groups is 2. The lowest BCUT2D eigenvalue weighted by atomic mass is 10.8. The highest BCUT2D eigenvalue weighted by atomic mass is 127. The first-order chi connectivity index (χ1) is 3.63. The molecule has 46 valence electrons. The smallest absolute Gasteiger partial charge is 0.303 e. The zero-order valence-electron chi connectivity index (χ0n) is 4.31. The van der Waals surface area contributed by atoms with Crippen molar-refractivity contribution in [2.45, 2.75) is 6.92 Å². The Morgan fingerprint density at radius 2 is 2.12 bits per heavy atom. The molecule has 0 atom stereocenters. The van der Waals surface area contributed by atoms with Crippen LogP contribution in [0.2, 0.25) is 0 Å². The molecule has 4 heteroatoms. The fourth-order valence-corrected chi connectivity index (χ4v) is 0.314. The van der Waals surface area contributed by atoms with E-state index in [4.69, 9.17) is 0 Å². The second-order valence-corrected chi connectivity index (χ2v) is 2.34. The second kappa shape index (κ2) is 3.82. The molecule has 8 heavy (non-hydrogen) atoms. The van der Waals surface area contributed by atoms with E-state index < -0.39 is 5.97 Å².